The van der Waals surface area contributed by atoms with E-state index in [4.69, 9.17) is 10.5 Å². The van der Waals surface area contributed by atoms with Gasteiger partial charge in [0.25, 0.3) is 0 Å². The van der Waals surface area contributed by atoms with Crippen molar-refractivity contribution in [1.82, 2.24) is 5.43 Å². The molecule has 0 radical (unpaired) electrons. The zero-order chi connectivity index (χ0) is 16.9. The SMILES string of the molecule is C=NN/C(N)=C\CNc1ccc(O/C(C)=C/C=N\C=C/C)cc1. The number of nitrogens with two attached hydrogens (primary N) is 1. The Morgan fingerprint density at radius 3 is 2.74 bits per heavy atom. The van der Waals surface area contributed by atoms with Gasteiger partial charge in [-0.1, -0.05) is 6.08 Å². The Morgan fingerprint density at radius 1 is 1.35 bits per heavy atom. The van der Waals surface area contributed by atoms with E-state index in [2.05, 4.69) is 27.6 Å². The number of nitrogens with zero attached hydrogens (tertiary/aromatic N) is 2. The molecule has 0 aliphatic heterocycles. The van der Waals surface area contributed by atoms with Gasteiger partial charge in [0.05, 0.1) is 0 Å². The number of hydrogen-bond acceptors (Lipinski definition) is 6. The van der Waals surface area contributed by atoms with Crippen molar-refractivity contribution in [2.45, 2.75) is 13.8 Å². The fraction of sp³-hybridized carbons (Fsp3) is 0.176. The Kier molecular flexibility index (Phi) is 8.36. The predicted molar refractivity (Wildman–Crippen MR) is 97.6 cm³/mol. The molecule has 0 unspecified atom stereocenters. The number of nitrogens with one attached hydrogen (secondary N) is 2. The van der Waals surface area contributed by atoms with E-state index in [1.54, 1.807) is 24.6 Å². The van der Waals surface area contributed by atoms with Gasteiger partial charge < -0.3 is 15.8 Å². The Balaban J connectivity index is 2.50. The van der Waals surface area contributed by atoms with Crippen LogP contribution in [0.25, 0.3) is 0 Å². The molecule has 0 amide bonds. The van der Waals surface area contributed by atoms with Crippen molar-refractivity contribution in [2.75, 3.05) is 11.9 Å². The highest BCUT2D eigenvalue weighted by atomic mass is 16.5. The highest BCUT2D eigenvalue weighted by molar-refractivity contribution is 5.72. The van der Waals surface area contributed by atoms with E-state index in [1.165, 1.54) is 0 Å². The third-order valence-corrected chi connectivity index (χ3v) is 2.60. The molecule has 1 aromatic rings. The van der Waals surface area contributed by atoms with Crippen LogP contribution in [-0.4, -0.2) is 19.5 Å². The molecule has 0 fully saturated rings. The lowest BCUT2D eigenvalue weighted by Gasteiger charge is -2.08. The fourth-order valence-corrected chi connectivity index (χ4v) is 1.56. The van der Waals surface area contributed by atoms with E-state index in [1.807, 2.05) is 44.2 Å². The van der Waals surface area contributed by atoms with Crippen LogP contribution in [0.1, 0.15) is 13.8 Å². The molecule has 0 heterocycles. The lowest BCUT2D eigenvalue weighted by Crippen LogP contribution is -2.15. The molecule has 6 heteroatoms. The summed E-state index contributed by atoms with van der Waals surface area (Å²) in [4.78, 5) is 4.04. The Labute approximate surface area is 137 Å². The maximum absolute atomic E-state index is 5.68. The molecule has 0 saturated heterocycles. The summed E-state index contributed by atoms with van der Waals surface area (Å²) in [6, 6.07) is 7.64. The van der Waals surface area contributed by atoms with Crippen molar-refractivity contribution < 1.29 is 4.74 Å². The molecule has 23 heavy (non-hydrogen) atoms. The first kappa shape index (κ1) is 18.0. The average molecular weight is 313 g/mol. The summed E-state index contributed by atoms with van der Waals surface area (Å²) in [5.74, 6) is 1.97. The Morgan fingerprint density at radius 2 is 2.09 bits per heavy atom. The van der Waals surface area contributed by atoms with Gasteiger partial charge in [-0.05, 0) is 50.3 Å². The van der Waals surface area contributed by atoms with Gasteiger partial charge in [0.15, 0.2) is 0 Å². The van der Waals surface area contributed by atoms with Gasteiger partial charge in [-0.2, -0.15) is 5.10 Å². The zero-order valence-electron chi connectivity index (χ0n) is 13.5. The molecule has 122 valence electrons. The van der Waals surface area contributed by atoms with Crippen LogP contribution < -0.4 is 21.2 Å². The van der Waals surface area contributed by atoms with Crippen LogP contribution in [0.5, 0.6) is 5.75 Å². The van der Waals surface area contributed by atoms with E-state index >= 15 is 0 Å². The molecule has 0 bridgehead atoms. The summed E-state index contributed by atoms with van der Waals surface area (Å²) in [7, 11) is 0. The molecular formula is C17H23N5O. The smallest absolute Gasteiger partial charge is 0.127 e. The van der Waals surface area contributed by atoms with Crippen molar-refractivity contribution >= 4 is 18.6 Å². The predicted octanol–water partition coefficient (Wildman–Crippen LogP) is 2.99. The van der Waals surface area contributed by atoms with Gasteiger partial charge in [0.1, 0.15) is 17.3 Å². The highest BCUT2D eigenvalue weighted by Crippen LogP contribution is 2.17. The minimum Gasteiger partial charge on any atom is -0.462 e. The lowest BCUT2D eigenvalue weighted by atomic mass is 10.3. The minimum atomic E-state index is 0.452. The third-order valence-electron chi connectivity index (χ3n) is 2.60. The van der Waals surface area contributed by atoms with Crippen molar-refractivity contribution in [1.29, 1.82) is 0 Å². The number of anilines is 1. The molecular weight excluding hydrogens is 290 g/mol. The average Bonchev–Trinajstić information content (AvgIpc) is 2.53. The summed E-state index contributed by atoms with van der Waals surface area (Å²) >= 11 is 0. The van der Waals surface area contributed by atoms with Crippen molar-refractivity contribution in [2.24, 2.45) is 15.8 Å². The summed E-state index contributed by atoms with van der Waals surface area (Å²) in [5.41, 5.74) is 9.14. The second-order valence-corrected chi connectivity index (χ2v) is 4.49. The zero-order valence-corrected chi connectivity index (χ0v) is 13.5. The monoisotopic (exact) mass is 313 g/mol. The van der Waals surface area contributed by atoms with Crippen LogP contribution >= 0.6 is 0 Å². The van der Waals surface area contributed by atoms with Crippen LogP contribution in [-0.2, 0) is 0 Å². The molecule has 0 atom stereocenters. The van der Waals surface area contributed by atoms with Crippen LogP contribution in [0.3, 0.4) is 0 Å². The first-order valence-corrected chi connectivity index (χ1v) is 7.16. The minimum absolute atomic E-state index is 0.452. The van der Waals surface area contributed by atoms with E-state index in [0.717, 1.165) is 17.2 Å². The van der Waals surface area contributed by atoms with E-state index < -0.39 is 0 Å². The molecule has 0 aromatic heterocycles. The summed E-state index contributed by atoms with van der Waals surface area (Å²) < 4.78 is 5.68. The normalized spacial score (nSPS) is 12.6. The molecule has 0 saturated carbocycles. The van der Waals surface area contributed by atoms with Gasteiger partial charge in [-0.25, -0.2) is 0 Å². The van der Waals surface area contributed by atoms with E-state index in [-0.39, 0.29) is 0 Å². The van der Waals surface area contributed by atoms with Crippen LogP contribution in [0, 0.1) is 0 Å². The number of ether oxygens (including phenoxy) is 1. The van der Waals surface area contributed by atoms with Crippen molar-refractivity contribution in [3.63, 3.8) is 0 Å². The van der Waals surface area contributed by atoms with Crippen molar-refractivity contribution in [3.05, 3.63) is 60.3 Å². The third kappa shape index (κ3) is 8.11. The number of rotatable bonds is 9. The van der Waals surface area contributed by atoms with Gasteiger partial charge in [-0.3, -0.25) is 10.4 Å². The quantitative estimate of drug-likeness (QED) is 0.372. The van der Waals surface area contributed by atoms with E-state index in [9.17, 15) is 0 Å². The topological polar surface area (TPSA) is 84.0 Å². The first-order valence-electron chi connectivity index (χ1n) is 7.16. The summed E-state index contributed by atoms with van der Waals surface area (Å²) in [6.07, 6.45) is 8.84. The van der Waals surface area contributed by atoms with Crippen LogP contribution in [0.2, 0.25) is 0 Å². The van der Waals surface area contributed by atoms with Gasteiger partial charge >= 0.3 is 0 Å². The van der Waals surface area contributed by atoms with Gasteiger partial charge in [-0.15, -0.1) is 0 Å². The fourth-order valence-electron chi connectivity index (χ4n) is 1.56. The van der Waals surface area contributed by atoms with Crippen LogP contribution in [0.4, 0.5) is 5.69 Å². The maximum Gasteiger partial charge on any atom is 0.127 e. The number of benzene rings is 1. The molecule has 1 rings (SSSR count). The maximum atomic E-state index is 5.68. The Bertz CT molecular complexity index is 600. The molecule has 1 aromatic carbocycles. The first-order chi connectivity index (χ1) is 11.2. The standard InChI is InChI=1S/C17H23N5O/c1-4-11-20-12-9-14(2)23-16-7-5-15(6-8-16)21-13-10-17(18)22-19-3/h4-12,21-22H,3,13,18H2,1-2H3/b11-4-,14-9+,17-10-,20-12-. The number of hydrogen-bond donors (Lipinski definition) is 3. The molecule has 0 spiro atoms. The number of allylic oxidation sites excluding steroid dienone is 3. The van der Waals surface area contributed by atoms with Gasteiger partial charge in [0.2, 0.25) is 0 Å². The second-order valence-electron chi connectivity index (χ2n) is 4.49. The molecule has 0 aliphatic rings. The largest absolute Gasteiger partial charge is 0.462 e. The molecule has 4 N–H and O–H groups in total. The molecule has 6 nitrogen and oxygen atoms in total. The summed E-state index contributed by atoms with van der Waals surface area (Å²) in [5, 5.41) is 6.68. The van der Waals surface area contributed by atoms with Crippen LogP contribution in [0.15, 0.2) is 70.4 Å². The van der Waals surface area contributed by atoms with Gasteiger partial charge in [0, 0.05) is 31.4 Å². The second kappa shape index (κ2) is 10.7. The lowest BCUT2D eigenvalue weighted by molar-refractivity contribution is 0.429. The highest BCUT2D eigenvalue weighted by Gasteiger charge is 1.96. The molecule has 0 aliphatic carbocycles. The van der Waals surface area contributed by atoms with Crippen molar-refractivity contribution in [3.8, 4) is 5.75 Å². The number of hydrazone groups is 1. The van der Waals surface area contributed by atoms with E-state index in [0.29, 0.717) is 12.4 Å². The Hall–Kier alpha value is -3.02. The summed E-state index contributed by atoms with van der Waals surface area (Å²) in [6.45, 7) is 7.66. The number of aliphatic imine (C=N–C) groups is 1.